The molecule has 1 saturated heterocycles. The van der Waals surface area contributed by atoms with E-state index in [0.717, 1.165) is 32.7 Å². The zero-order valence-corrected chi connectivity index (χ0v) is 13.5. The predicted molar refractivity (Wildman–Crippen MR) is 86.1 cm³/mol. The maximum atomic E-state index is 11.9. The van der Waals surface area contributed by atoms with E-state index >= 15 is 0 Å². The highest BCUT2D eigenvalue weighted by Gasteiger charge is 2.22. The van der Waals surface area contributed by atoms with Crippen LogP contribution in [0.3, 0.4) is 0 Å². The molecule has 0 aromatic heterocycles. The lowest BCUT2D eigenvalue weighted by Gasteiger charge is -2.35. The second-order valence-electron chi connectivity index (χ2n) is 6.02. The van der Waals surface area contributed by atoms with Gasteiger partial charge in [0.05, 0.1) is 13.2 Å². The lowest BCUT2D eigenvalue weighted by Crippen LogP contribution is -2.49. The van der Waals surface area contributed by atoms with Crippen LogP contribution in [0.2, 0.25) is 0 Å². The molecule has 1 fully saturated rings. The van der Waals surface area contributed by atoms with Crippen LogP contribution in [0, 0.1) is 5.92 Å². The van der Waals surface area contributed by atoms with E-state index in [1.807, 2.05) is 18.2 Å². The molecule has 2 rings (SSSR count). The van der Waals surface area contributed by atoms with E-state index in [2.05, 4.69) is 24.1 Å². The molecule has 1 N–H and O–H groups in total. The molecule has 1 amide bonds. The largest absolute Gasteiger partial charge is 0.412 e. The van der Waals surface area contributed by atoms with Crippen LogP contribution in [0.25, 0.3) is 0 Å². The minimum absolute atomic E-state index is 0.326. The third kappa shape index (κ3) is 5.66. The van der Waals surface area contributed by atoms with Crippen LogP contribution in [0.5, 0.6) is 5.75 Å². The first-order valence-electron chi connectivity index (χ1n) is 7.97. The molecule has 5 nitrogen and oxygen atoms in total. The van der Waals surface area contributed by atoms with E-state index in [1.165, 1.54) is 0 Å². The molecule has 22 heavy (non-hydrogen) atoms. The summed E-state index contributed by atoms with van der Waals surface area (Å²) in [6, 6.07) is 9.45. The fraction of sp³-hybridized carbons (Fsp3) is 0.588. The predicted octanol–water partition coefficient (Wildman–Crippen LogP) is 2.52. The number of carbonyl (C=O) groups is 1. The van der Waals surface area contributed by atoms with Crippen molar-refractivity contribution < 1.29 is 14.3 Å². The maximum Gasteiger partial charge on any atom is 0.412 e. The van der Waals surface area contributed by atoms with Gasteiger partial charge in [-0.15, -0.1) is 0 Å². The number of benzene rings is 1. The summed E-state index contributed by atoms with van der Waals surface area (Å²) in [5.74, 6) is 1.14. The minimum Gasteiger partial charge on any atom is -0.410 e. The number of rotatable bonds is 6. The maximum absolute atomic E-state index is 11.9. The number of nitrogens with one attached hydrogen (secondary N) is 1. The van der Waals surface area contributed by atoms with E-state index in [0.29, 0.717) is 24.3 Å². The molecule has 1 heterocycles. The average molecular weight is 306 g/mol. The highest BCUT2D eigenvalue weighted by Crippen LogP contribution is 2.13. The molecule has 1 atom stereocenters. The number of ether oxygens (including phenoxy) is 2. The molecule has 5 heteroatoms. The van der Waals surface area contributed by atoms with Crippen LogP contribution in [-0.2, 0) is 4.74 Å². The van der Waals surface area contributed by atoms with E-state index in [4.69, 9.17) is 9.47 Å². The monoisotopic (exact) mass is 306 g/mol. The van der Waals surface area contributed by atoms with Crippen LogP contribution < -0.4 is 10.1 Å². The second-order valence-corrected chi connectivity index (χ2v) is 6.02. The quantitative estimate of drug-likeness (QED) is 0.877. The molecular weight excluding hydrogens is 280 g/mol. The van der Waals surface area contributed by atoms with Crippen molar-refractivity contribution in [1.29, 1.82) is 0 Å². The molecular formula is C17H26N2O3. The third-order valence-corrected chi connectivity index (χ3v) is 3.74. The van der Waals surface area contributed by atoms with Gasteiger partial charge in [0.1, 0.15) is 5.75 Å². The van der Waals surface area contributed by atoms with Gasteiger partial charge in [-0.25, -0.2) is 4.79 Å². The second kappa shape index (κ2) is 8.76. The molecule has 1 aromatic carbocycles. The first-order chi connectivity index (χ1) is 10.6. The minimum atomic E-state index is -0.395. The Morgan fingerprint density at radius 2 is 1.95 bits per heavy atom. The molecule has 1 aliphatic heterocycles. The number of nitrogens with zero attached hydrogens (tertiary/aromatic N) is 1. The Kier molecular flexibility index (Phi) is 6.68. The summed E-state index contributed by atoms with van der Waals surface area (Å²) in [4.78, 5) is 14.3. The SMILES string of the molecule is CC(C)CC(CNC(=O)Oc1ccccc1)N1CCOCC1. The number of hydrogen-bond acceptors (Lipinski definition) is 4. The Morgan fingerprint density at radius 3 is 2.59 bits per heavy atom. The van der Waals surface area contributed by atoms with Gasteiger partial charge in [-0.1, -0.05) is 32.0 Å². The number of hydrogen-bond donors (Lipinski definition) is 1. The number of morpholine rings is 1. The topological polar surface area (TPSA) is 50.8 Å². The highest BCUT2D eigenvalue weighted by atomic mass is 16.6. The fourth-order valence-electron chi connectivity index (χ4n) is 2.68. The normalized spacial score (nSPS) is 17.2. The Balaban J connectivity index is 1.83. The molecule has 0 bridgehead atoms. The van der Waals surface area contributed by atoms with Crippen molar-refractivity contribution in [2.45, 2.75) is 26.3 Å². The smallest absolute Gasteiger partial charge is 0.410 e. The summed E-state index contributed by atoms with van der Waals surface area (Å²) in [5, 5.41) is 2.89. The van der Waals surface area contributed by atoms with Gasteiger partial charge in [0.25, 0.3) is 0 Å². The number of amides is 1. The molecule has 0 aliphatic carbocycles. The Hall–Kier alpha value is -1.59. The van der Waals surface area contributed by atoms with E-state index < -0.39 is 6.09 Å². The van der Waals surface area contributed by atoms with Crippen molar-refractivity contribution in [2.24, 2.45) is 5.92 Å². The molecule has 122 valence electrons. The van der Waals surface area contributed by atoms with Gasteiger partial charge in [0, 0.05) is 25.7 Å². The average Bonchev–Trinajstić information content (AvgIpc) is 2.53. The van der Waals surface area contributed by atoms with Gasteiger partial charge in [-0.3, -0.25) is 4.90 Å². The van der Waals surface area contributed by atoms with Gasteiger partial charge in [-0.2, -0.15) is 0 Å². The summed E-state index contributed by atoms with van der Waals surface area (Å²) >= 11 is 0. The number of para-hydroxylation sites is 1. The van der Waals surface area contributed by atoms with Crippen LogP contribution in [0.4, 0.5) is 4.79 Å². The van der Waals surface area contributed by atoms with Crippen LogP contribution >= 0.6 is 0 Å². The van der Waals surface area contributed by atoms with Gasteiger partial charge in [-0.05, 0) is 24.5 Å². The molecule has 1 aliphatic rings. The standard InChI is InChI=1S/C17H26N2O3/c1-14(2)12-15(19-8-10-21-11-9-19)13-18-17(20)22-16-6-4-3-5-7-16/h3-7,14-15H,8-13H2,1-2H3,(H,18,20). The van der Waals surface area contributed by atoms with E-state index in [9.17, 15) is 4.79 Å². The van der Waals surface area contributed by atoms with Crippen molar-refractivity contribution in [3.05, 3.63) is 30.3 Å². The van der Waals surface area contributed by atoms with Crippen molar-refractivity contribution in [2.75, 3.05) is 32.8 Å². The van der Waals surface area contributed by atoms with Crippen LogP contribution in [0.15, 0.2) is 30.3 Å². The summed E-state index contributed by atoms with van der Waals surface area (Å²) in [6.07, 6.45) is 0.652. The van der Waals surface area contributed by atoms with Gasteiger partial charge in [0.15, 0.2) is 0 Å². The van der Waals surface area contributed by atoms with Crippen molar-refractivity contribution >= 4 is 6.09 Å². The first-order valence-corrected chi connectivity index (χ1v) is 7.97. The zero-order chi connectivity index (χ0) is 15.8. The molecule has 0 radical (unpaired) electrons. The molecule has 1 unspecified atom stereocenters. The lowest BCUT2D eigenvalue weighted by molar-refractivity contribution is 0.0126. The Morgan fingerprint density at radius 1 is 1.27 bits per heavy atom. The van der Waals surface area contributed by atoms with Gasteiger partial charge >= 0.3 is 6.09 Å². The first kappa shape index (κ1) is 16.8. The number of carbonyl (C=O) groups excluding carboxylic acids is 1. The van der Waals surface area contributed by atoms with Crippen molar-refractivity contribution in [3.8, 4) is 5.75 Å². The summed E-state index contributed by atoms with van der Waals surface area (Å²) in [5.41, 5.74) is 0. The van der Waals surface area contributed by atoms with Crippen LogP contribution in [-0.4, -0.2) is 49.9 Å². The molecule has 1 aromatic rings. The van der Waals surface area contributed by atoms with E-state index in [1.54, 1.807) is 12.1 Å². The zero-order valence-electron chi connectivity index (χ0n) is 13.5. The summed E-state index contributed by atoms with van der Waals surface area (Å²) in [7, 11) is 0. The Bertz CT molecular complexity index is 444. The Labute approximate surface area is 132 Å². The lowest BCUT2D eigenvalue weighted by atomic mass is 10.0. The van der Waals surface area contributed by atoms with E-state index in [-0.39, 0.29) is 0 Å². The third-order valence-electron chi connectivity index (χ3n) is 3.74. The van der Waals surface area contributed by atoms with Gasteiger partial charge in [0.2, 0.25) is 0 Å². The van der Waals surface area contributed by atoms with Crippen molar-refractivity contribution in [1.82, 2.24) is 10.2 Å². The highest BCUT2D eigenvalue weighted by molar-refractivity contribution is 5.70. The van der Waals surface area contributed by atoms with Crippen LogP contribution in [0.1, 0.15) is 20.3 Å². The van der Waals surface area contributed by atoms with Gasteiger partial charge < -0.3 is 14.8 Å². The molecule has 0 saturated carbocycles. The molecule has 0 spiro atoms. The fourth-order valence-corrected chi connectivity index (χ4v) is 2.68. The van der Waals surface area contributed by atoms with Crippen molar-refractivity contribution in [3.63, 3.8) is 0 Å². The summed E-state index contributed by atoms with van der Waals surface area (Å²) < 4.78 is 10.7. The summed E-state index contributed by atoms with van der Waals surface area (Å²) in [6.45, 7) is 8.39.